The topological polar surface area (TPSA) is 129 Å². The number of carbonyl (C=O) groups is 1. The Morgan fingerprint density at radius 2 is 1.82 bits per heavy atom. The second-order valence-electron chi connectivity index (χ2n) is 5.06. The second kappa shape index (κ2) is 6.05. The van der Waals surface area contributed by atoms with Gasteiger partial charge in [0.05, 0.1) is 13.0 Å². The molecule has 0 unspecified atom stereocenters. The van der Waals surface area contributed by atoms with Crippen molar-refractivity contribution in [2.75, 3.05) is 20.2 Å². The maximum absolute atomic E-state index is 12.6. The first kappa shape index (κ1) is 16.4. The van der Waals surface area contributed by atoms with Crippen molar-refractivity contribution < 1.29 is 17.9 Å². The van der Waals surface area contributed by atoms with Gasteiger partial charge in [0, 0.05) is 18.8 Å². The molecule has 0 atom stereocenters. The zero-order valence-electron chi connectivity index (χ0n) is 12.2. The lowest BCUT2D eigenvalue weighted by atomic mass is 9.99. The number of nitrogens with one attached hydrogen (secondary N) is 2. The molecule has 2 heterocycles. The maximum atomic E-state index is 12.6. The summed E-state index contributed by atoms with van der Waals surface area (Å²) in [6.45, 7) is 1.57. The normalized spacial score (nSPS) is 17.4. The zero-order valence-corrected chi connectivity index (χ0v) is 13.0. The van der Waals surface area contributed by atoms with Gasteiger partial charge in [0.2, 0.25) is 10.0 Å². The summed E-state index contributed by atoms with van der Waals surface area (Å²) in [6.07, 6.45) is 0.651. The minimum Gasteiger partial charge on any atom is -0.469 e. The minimum absolute atomic E-state index is 0.0103. The smallest absolute Gasteiger partial charge is 0.325 e. The van der Waals surface area contributed by atoms with E-state index < -0.39 is 26.2 Å². The molecule has 0 radical (unpaired) electrons. The van der Waals surface area contributed by atoms with Crippen LogP contribution in [0.2, 0.25) is 0 Å². The predicted molar refractivity (Wildman–Crippen MR) is 75.9 cm³/mol. The molecular weight excluding hydrogens is 314 g/mol. The van der Waals surface area contributed by atoms with Gasteiger partial charge in [-0.15, -0.1) is 0 Å². The number of carbonyl (C=O) groups excluding carboxylic acids is 1. The van der Waals surface area contributed by atoms with Crippen molar-refractivity contribution in [3.8, 4) is 0 Å². The number of methoxy groups -OCH3 is 1. The highest BCUT2D eigenvalue weighted by atomic mass is 32.2. The van der Waals surface area contributed by atoms with E-state index in [1.807, 2.05) is 4.98 Å². The molecule has 10 heteroatoms. The van der Waals surface area contributed by atoms with Gasteiger partial charge in [0.15, 0.2) is 4.90 Å². The van der Waals surface area contributed by atoms with Gasteiger partial charge < -0.3 is 9.72 Å². The number of aromatic amines is 2. The SMILES string of the molecule is COC(=O)C1CCN(S(=O)(=O)c2c(C)[nH]c(=O)[nH]c2=O)CC1. The van der Waals surface area contributed by atoms with Gasteiger partial charge in [0.1, 0.15) is 0 Å². The Kier molecular flexibility index (Phi) is 4.52. The molecule has 1 fully saturated rings. The lowest BCUT2D eigenvalue weighted by molar-refractivity contribution is -0.146. The van der Waals surface area contributed by atoms with E-state index in [4.69, 9.17) is 0 Å². The Balaban J connectivity index is 2.29. The molecule has 0 aliphatic carbocycles. The molecule has 2 rings (SSSR count). The molecule has 1 saturated heterocycles. The molecule has 1 aliphatic heterocycles. The summed E-state index contributed by atoms with van der Waals surface area (Å²) in [5.41, 5.74) is -1.72. The maximum Gasteiger partial charge on any atom is 0.325 e. The van der Waals surface area contributed by atoms with Gasteiger partial charge in [-0.05, 0) is 19.8 Å². The highest BCUT2D eigenvalue weighted by Gasteiger charge is 2.35. The van der Waals surface area contributed by atoms with Crippen LogP contribution in [0.3, 0.4) is 0 Å². The number of hydrogen-bond acceptors (Lipinski definition) is 6. The van der Waals surface area contributed by atoms with Crippen LogP contribution in [0.1, 0.15) is 18.5 Å². The van der Waals surface area contributed by atoms with Crippen LogP contribution >= 0.6 is 0 Å². The minimum atomic E-state index is -4.03. The number of ether oxygens (including phenoxy) is 1. The molecule has 0 aromatic carbocycles. The molecule has 2 N–H and O–H groups in total. The average Bonchev–Trinajstić information content (AvgIpc) is 2.45. The highest BCUT2D eigenvalue weighted by Crippen LogP contribution is 2.23. The van der Waals surface area contributed by atoms with Crippen LogP contribution in [-0.2, 0) is 19.6 Å². The van der Waals surface area contributed by atoms with E-state index in [0.717, 1.165) is 4.31 Å². The lowest BCUT2D eigenvalue weighted by Crippen LogP contribution is -2.43. The Labute approximate surface area is 126 Å². The first-order valence-electron chi connectivity index (χ1n) is 6.68. The van der Waals surface area contributed by atoms with Gasteiger partial charge in [-0.3, -0.25) is 14.6 Å². The summed E-state index contributed by atoms with van der Waals surface area (Å²) in [6, 6.07) is 0. The number of H-pyrrole nitrogens is 2. The third kappa shape index (κ3) is 2.97. The van der Waals surface area contributed by atoms with Crippen LogP contribution in [0.5, 0.6) is 0 Å². The van der Waals surface area contributed by atoms with Crippen LogP contribution in [-0.4, -0.2) is 48.9 Å². The van der Waals surface area contributed by atoms with E-state index >= 15 is 0 Å². The van der Waals surface area contributed by atoms with Crippen molar-refractivity contribution in [1.82, 2.24) is 14.3 Å². The van der Waals surface area contributed by atoms with Crippen molar-refractivity contribution in [3.63, 3.8) is 0 Å². The number of piperidine rings is 1. The fraction of sp³-hybridized carbons (Fsp3) is 0.583. The Morgan fingerprint density at radius 3 is 2.32 bits per heavy atom. The molecular formula is C12H17N3O6S. The summed E-state index contributed by atoms with van der Waals surface area (Å²) in [5, 5.41) is 0. The number of sulfonamides is 1. The summed E-state index contributed by atoms with van der Waals surface area (Å²) in [5.74, 6) is -0.707. The number of aryl methyl sites for hydroxylation is 1. The fourth-order valence-electron chi connectivity index (χ4n) is 2.53. The van der Waals surface area contributed by atoms with E-state index in [0.29, 0.717) is 12.8 Å². The summed E-state index contributed by atoms with van der Waals surface area (Å²) in [4.78, 5) is 38.1. The van der Waals surface area contributed by atoms with Crippen LogP contribution < -0.4 is 11.2 Å². The van der Waals surface area contributed by atoms with Crippen molar-refractivity contribution >= 4 is 16.0 Å². The Bertz CT molecular complexity index is 786. The number of aromatic nitrogens is 2. The molecule has 9 nitrogen and oxygen atoms in total. The van der Waals surface area contributed by atoms with Crippen molar-refractivity contribution in [3.05, 3.63) is 26.5 Å². The van der Waals surface area contributed by atoms with Crippen LogP contribution in [0.25, 0.3) is 0 Å². The molecule has 122 valence electrons. The quantitative estimate of drug-likeness (QED) is 0.680. The van der Waals surface area contributed by atoms with E-state index in [9.17, 15) is 22.8 Å². The Morgan fingerprint density at radius 1 is 1.23 bits per heavy atom. The molecule has 1 aromatic heterocycles. The monoisotopic (exact) mass is 331 g/mol. The van der Waals surface area contributed by atoms with Gasteiger partial charge >= 0.3 is 11.7 Å². The van der Waals surface area contributed by atoms with E-state index in [2.05, 4.69) is 9.72 Å². The van der Waals surface area contributed by atoms with Crippen LogP contribution in [0.4, 0.5) is 0 Å². The van der Waals surface area contributed by atoms with Crippen molar-refractivity contribution in [2.24, 2.45) is 5.92 Å². The summed E-state index contributed by atoms with van der Waals surface area (Å²) < 4.78 is 30.9. The van der Waals surface area contributed by atoms with E-state index in [-0.39, 0.29) is 30.7 Å². The molecule has 1 aliphatic rings. The first-order chi connectivity index (χ1) is 10.3. The average molecular weight is 331 g/mol. The van der Waals surface area contributed by atoms with Gasteiger partial charge in [0.25, 0.3) is 5.56 Å². The molecule has 0 bridgehead atoms. The third-order valence-electron chi connectivity index (χ3n) is 3.66. The number of esters is 1. The Hall–Kier alpha value is -1.94. The third-order valence-corrected chi connectivity index (χ3v) is 5.71. The van der Waals surface area contributed by atoms with Gasteiger partial charge in [-0.2, -0.15) is 4.31 Å². The van der Waals surface area contributed by atoms with Crippen LogP contribution in [0.15, 0.2) is 14.5 Å². The van der Waals surface area contributed by atoms with Crippen molar-refractivity contribution in [1.29, 1.82) is 0 Å². The summed E-state index contributed by atoms with van der Waals surface area (Å²) in [7, 11) is -2.74. The predicted octanol–water partition coefficient (Wildman–Crippen LogP) is -1.05. The number of nitrogens with zero attached hydrogens (tertiary/aromatic N) is 1. The molecule has 22 heavy (non-hydrogen) atoms. The first-order valence-corrected chi connectivity index (χ1v) is 8.12. The fourth-order valence-corrected chi connectivity index (χ4v) is 4.20. The van der Waals surface area contributed by atoms with Gasteiger partial charge in [-0.1, -0.05) is 0 Å². The largest absolute Gasteiger partial charge is 0.469 e. The standard InChI is InChI=1S/C12H17N3O6S/c1-7-9(10(16)14-12(18)13-7)22(19,20)15-5-3-8(4-6-15)11(17)21-2/h8H,3-6H2,1-2H3,(H2,13,14,16,18). The lowest BCUT2D eigenvalue weighted by Gasteiger charge is -2.29. The number of hydrogen-bond donors (Lipinski definition) is 2. The van der Waals surface area contributed by atoms with E-state index in [1.54, 1.807) is 0 Å². The second-order valence-corrected chi connectivity index (χ2v) is 6.94. The molecule has 0 spiro atoms. The number of rotatable bonds is 3. The van der Waals surface area contributed by atoms with Gasteiger partial charge in [-0.25, -0.2) is 13.2 Å². The van der Waals surface area contributed by atoms with E-state index in [1.165, 1.54) is 14.0 Å². The van der Waals surface area contributed by atoms with Crippen molar-refractivity contribution in [2.45, 2.75) is 24.7 Å². The highest BCUT2D eigenvalue weighted by molar-refractivity contribution is 7.89. The zero-order chi connectivity index (χ0) is 16.5. The van der Waals surface area contributed by atoms with Crippen LogP contribution in [0, 0.1) is 12.8 Å². The summed E-state index contributed by atoms with van der Waals surface area (Å²) >= 11 is 0. The molecule has 1 aromatic rings. The molecule has 0 saturated carbocycles. The molecule has 0 amide bonds.